The Morgan fingerprint density at radius 1 is 1.33 bits per heavy atom. The van der Waals surface area contributed by atoms with Gasteiger partial charge in [0.25, 0.3) is 5.91 Å². The lowest BCUT2D eigenvalue weighted by Crippen LogP contribution is -2.48. The van der Waals surface area contributed by atoms with Crippen molar-refractivity contribution in [1.82, 2.24) is 14.9 Å². The number of ether oxygens (including phenoxy) is 1. The number of nitrogens with one attached hydrogen (secondary N) is 2. The van der Waals surface area contributed by atoms with Gasteiger partial charge in [0, 0.05) is 44.2 Å². The number of sulfonamides is 1. The Bertz CT molecular complexity index is 710. The monoisotopic (exact) mass is 353 g/mol. The topological polar surface area (TPSA) is 87.7 Å². The highest BCUT2D eigenvalue weighted by Gasteiger charge is 2.27. The Balaban J connectivity index is 1.78. The van der Waals surface area contributed by atoms with E-state index < -0.39 is 10.0 Å². The van der Waals surface area contributed by atoms with Gasteiger partial charge in [-0.05, 0) is 24.6 Å². The zero-order chi connectivity index (χ0) is 17.2. The van der Waals surface area contributed by atoms with E-state index in [2.05, 4.69) is 10.6 Å². The van der Waals surface area contributed by atoms with Gasteiger partial charge in [-0.1, -0.05) is 6.07 Å². The minimum absolute atomic E-state index is 0.158. The van der Waals surface area contributed by atoms with Crippen LogP contribution in [0, 0.1) is 12.8 Å². The van der Waals surface area contributed by atoms with E-state index in [0.29, 0.717) is 44.3 Å². The quantitative estimate of drug-likeness (QED) is 0.776. The number of hydrogen-bond acceptors (Lipinski definition) is 5. The smallest absolute Gasteiger partial charge is 0.251 e. The van der Waals surface area contributed by atoms with Crippen molar-refractivity contribution < 1.29 is 17.9 Å². The average Bonchev–Trinajstić information content (AvgIpc) is 2.54. The van der Waals surface area contributed by atoms with E-state index in [-0.39, 0.29) is 10.8 Å². The van der Waals surface area contributed by atoms with Gasteiger partial charge in [0.15, 0.2) is 0 Å². The third-order valence-electron chi connectivity index (χ3n) is 4.48. The lowest BCUT2D eigenvalue weighted by molar-refractivity contribution is 0.0730. The maximum absolute atomic E-state index is 12.7. The van der Waals surface area contributed by atoms with Gasteiger partial charge in [0.2, 0.25) is 10.0 Å². The molecule has 1 aromatic rings. The van der Waals surface area contributed by atoms with Crippen molar-refractivity contribution in [2.75, 3.05) is 45.9 Å². The molecule has 8 heteroatoms. The molecule has 0 bridgehead atoms. The summed E-state index contributed by atoms with van der Waals surface area (Å²) in [5.41, 5.74) is 1.18. The summed E-state index contributed by atoms with van der Waals surface area (Å²) in [7, 11) is -3.60. The molecule has 2 N–H and O–H groups in total. The summed E-state index contributed by atoms with van der Waals surface area (Å²) in [4.78, 5) is 12.6. The van der Waals surface area contributed by atoms with Gasteiger partial charge in [-0.3, -0.25) is 4.79 Å². The molecule has 2 heterocycles. The van der Waals surface area contributed by atoms with Crippen molar-refractivity contribution in [3.63, 3.8) is 0 Å². The van der Waals surface area contributed by atoms with Crippen LogP contribution in [0.3, 0.4) is 0 Å². The first-order valence-electron chi connectivity index (χ1n) is 8.16. The number of rotatable bonds is 5. The van der Waals surface area contributed by atoms with Gasteiger partial charge in [-0.2, -0.15) is 4.31 Å². The fourth-order valence-corrected chi connectivity index (χ4v) is 4.20. The van der Waals surface area contributed by atoms with E-state index in [4.69, 9.17) is 4.74 Å². The first-order chi connectivity index (χ1) is 11.5. The molecule has 24 heavy (non-hydrogen) atoms. The Morgan fingerprint density at radius 3 is 2.67 bits per heavy atom. The zero-order valence-electron chi connectivity index (χ0n) is 13.7. The van der Waals surface area contributed by atoms with E-state index in [1.807, 2.05) is 6.92 Å². The van der Waals surface area contributed by atoms with Crippen molar-refractivity contribution in [3.8, 4) is 0 Å². The van der Waals surface area contributed by atoms with Crippen LogP contribution >= 0.6 is 0 Å². The van der Waals surface area contributed by atoms with Crippen molar-refractivity contribution in [2.24, 2.45) is 5.92 Å². The van der Waals surface area contributed by atoms with Crippen LogP contribution in [0.2, 0.25) is 0 Å². The predicted molar refractivity (Wildman–Crippen MR) is 89.4 cm³/mol. The Hall–Kier alpha value is -1.48. The largest absolute Gasteiger partial charge is 0.379 e. The second-order valence-electron chi connectivity index (χ2n) is 6.23. The van der Waals surface area contributed by atoms with Crippen molar-refractivity contribution >= 4 is 15.9 Å². The maximum Gasteiger partial charge on any atom is 0.251 e. The standard InChI is InChI=1S/C16H23N3O4S/c1-12-2-3-14(24(21,22)19-4-6-23-7-5-19)8-15(12)16(20)18-11-13-9-17-10-13/h2-3,8,13,17H,4-7,9-11H2,1H3,(H,18,20). The SMILES string of the molecule is Cc1ccc(S(=O)(=O)N2CCOCC2)cc1C(=O)NCC1CNC1. The minimum Gasteiger partial charge on any atom is -0.379 e. The summed E-state index contributed by atoms with van der Waals surface area (Å²) in [6.45, 7) is 5.70. The molecule has 0 radical (unpaired) electrons. The molecule has 1 aromatic carbocycles. The number of morpholine rings is 1. The second-order valence-corrected chi connectivity index (χ2v) is 8.17. The molecule has 0 unspecified atom stereocenters. The summed E-state index contributed by atoms with van der Waals surface area (Å²) >= 11 is 0. The number of carbonyl (C=O) groups is 1. The number of aryl methyl sites for hydroxylation is 1. The zero-order valence-corrected chi connectivity index (χ0v) is 14.6. The number of hydrogen-bond donors (Lipinski definition) is 2. The molecular formula is C16H23N3O4S. The number of benzene rings is 1. The van der Waals surface area contributed by atoms with Crippen LogP contribution in [0.4, 0.5) is 0 Å². The molecule has 1 amide bonds. The van der Waals surface area contributed by atoms with E-state index in [1.165, 1.54) is 10.4 Å². The van der Waals surface area contributed by atoms with Gasteiger partial charge in [-0.25, -0.2) is 8.42 Å². The molecule has 0 atom stereocenters. The van der Waals surface area contributed by atoms with Gasteiger partial charge >= 0.3 is 0 Å². The Kier molecular flexibility index (Phi) is 5.19. The molecule has 0 saturated carbocycles. The highest BCUT2D eigenvalue weighted by molar-refractivity contribution is 7.89. The van der Waals surface area contributed by atoms with Crippen molar-refractivity contribution in [3.05, 3.63) is 29.3 Å². The Labute approximate surface area is 142 Å². The molecule has 7 nitrogen and oxygen atoms in total. The number of amides is 1. The molecule has 132 valence electrons. The predicted octanol–water partition coefficient (Wildman–Crippen LogP) is -0.0349. The molecule has 3 rings (SSSR count). The highest BCUT2D eigenvalue weighted by atomic mass is 32.2. The third kappa shape index (κ3) is 3.61. The molecule has 2 saturated heterocycles. The fourth-order valence-electron chi connectivity index (χ4n) is 2.77. The van der Waals surface area contributed by atoms with E-state index in [9.17, 15) is 13.2 Å². The maximum atomic E-state index is 12.7. The normalized spacial score (nSPS) is 19.7. The molecule has 2 fully saturated rings. The lowest BCUT2D eigenvalue weighted by Gasteiger charge is -2.27. The molecule has 2 aliphatic rings. The van der Waals surface area contributed by atoms with Crippen molar-refractivity contribution in [1.29, 1.82) is 0 Å². The molecule has 0 spiro atoms. The van der Waals surface area contributed by atoms with Crippen LogP contribution < -0.4 is 10.6 Å². The molecular weight excluding hydrogens is 330 g/mol. The summed E-state index contributed by atoms with van der Waals surface area (Å²) in [6, 6.07) is 4.73. The fraction of sp³-hybridized carbons (Fsp3) is 0.562. The van der Waals surface area contributed by atoms with Crippen LogP contribution in [0.25, 0.3) is 0 Å². The summed E-state index contributed by atoms with van der Waals surface area (Å²) < 4.78 is 32.1. The molecule has 2 aliphatic heterocycles. The highest BCUT2D eigenvalue weighted by Crippen LogP contribution is 2.20. The van der Waals surface area contributed by atoms with E-state index in [1.54, 1.807) is 12.1 Å². The lowest BCUT2D eigenvalue weighted by atomic mass is 10.0. The Morgan fingerprint density at radius 2 is 2.04 bits per heavy atom. The second kappa shape index (κ2) is 7.18. The number of carbonyl (C=O) groups excluding carboxylic acids is 1. The first kappa shape index (κ1) is 17.3. The van der Waals surface area contributed by atoms with Gasteiger partial charge in [0.05, 0.1) is 18.1 Å². The van der Waals surface area contributed by atoms with Crippen LogP contribution in [-0.2, 0) is 14.8 Å². The van der Waals surface area contributed by atoms with Crippen molar-refractivity contribution in [2.45, 2.75) is 11.8 Å². The van der Waals surface area contributed by atoms with E-state index in [0.717, 1.165) is 18.7 Å². The van der Waals surface area contributed by atoms with Crippen LogP contribution in [-0.4, -0.2) is 64.6 Å². The molecule has 0 aromatic heterocycles. The minimum atomic E-state index is -3.60. The van der Waals surface area contributed by atoms with Crippen LogP contribution in [0.1, 0.15) is 15.9 Å². The van der Waals surface area contributed by atoms with Gasteiger partial charge < -0.3 is 15.4 Å². The number of nitrogens with zero attached hydrogens (tertiary/aromatic N) is 1. The van der Waals surface area contributed by atoms with Gasteiger partial charge in [-0.15, -0.1) is 0 Å². The van der Waals surface area contributed by atoms with Crippen LogP contribution in [0.15, 0.2) is 23.1 Å². The molecule has 0 aliphatic carbocycles. The average molecular weight is 353 g/mol. The van der Waals surface area contributed by atoms with Gasteiger partial charge in [0.1, 0.15) is 0 Å². The third-order valence-corrected chi connectivity index (χ3v) is 6.37. The van der Waals surface area contributed by atoms with E-state index >= 15 is 0 Å². The first-order valence-corrected chi connectivity index (χ1v) is 9.60. The van der Waals surface area contributed by atoms with Crippen LogP contribution in [0.5, 0.6) is 0 Å². The summed E-state index contributed by atoms with van der Waals surface area (Å²) in [5.74, 6) is 0.230. The summed E-state index contributed by atoms with van der Waals surface area (Å²) in [6.07, 6.45) is 0. The summed E-state index contributed by atoms with van der Waals surface area (Å²) in [5, 5.41) is 6.05.